The van der Waals surface area contributed by atoms with Gasteiger partial charge in [-0.15, -0.1) is 0 Å². The Hall–Kier alpha value is -2.50. The first-order chi connectivity index (χ1) is 9.63. The first kappa shape index (κ1) is 12.5. The summed E-state index contributed by atoms with van der Waals surface area (Å²) in [5.74, 6) is -0.530. The summed E-state index contributed by atoms with van der Waals surface area (Å²) in [6.45, 7) is 1.90. The zero-order chi connectivity index (χ0) is 14.1. The van der Waals surface area contributed by atoms with E-state index in [4.69, 9.17) is 0 Å². The molecule has 1 aromatic carbocycles. The Labute approximate surface area is 115 Å². The van der Waals surface area contributed by atoms with Gasteiger partial charge in [0.15, 0.2) is 0 Å². The molecule has 1 unspecified atom stereocenters. The zero-order valence-corrected chi connectivity index (χ0v) is 11.0. The fraction of sp³-hybridized carbons (Fsp3) is 0.286. The minimum absolute atomic E-state index is 0.0792. The second-order valence-corrected chi connectivity index (χ2v) is 4.92. The van der Waals surface area contributed by atoms with E-state index in [2.05, 4.69) is 20.6 Å². The van der Waals surface area contributed by atoms with E-state index in [-0.39, 0.29) is 23.6 Å². The van der Waals surface area contributed by atoms with Crippen LogP contribution >= 0.6 is 0 Å². The fourth-order valence-electron chi connectivity index (χ4n) is 2.29. The molecule has 1 fully saturated rings. The highest BCUT2D eigenvalue weighted by Gasteiger charge is 2.30. The summed E-state index contributed by atoms with van der Waals surface area (Å²) in [7, 11) is 0. The molecule has 6 nitrogen and oxygen atoms in total. The summed E-state index contributed by atoms with van der Waals surface area (Å²) in [5, 5.41) is 5.45. The summed E-state index contributed by atoms with van der Waals surface area (Å²) >= 11 is 0. The van der Waals surface area contributed by atoms with Gasteiger partial charge in [-0.25, -0.2) is 4.98 Å². The lowest BCUT2D eigenvalue weighted by Gasteiger charge is -2.09. The van der Waals surface area contributed by atoms with Crippen LogP contribution in [-0.2, 0) is 4.79 Å². The molecule has 20 heavy (non-hydrogen) atoms. The molecule has 2 N–H and O–H groups in total. The van der Waals surface area contributed by atoms with Gasteiger partial charge in [0.05, 0.1) is 17.2 Å². The number of benzene rings is 1. The molecule has 1 aliphatic heterocycles. The minimum atomic E-state index is -0.495. The Morgan fingerprint density at radius 2 is 2.10 bits per heavy atom. The van der Waals surface area contributed by atoms with Gasteiger partial charge in [-0.1, -0.05) is 12.1 Å². The average Bonchev–Trinajstić information content (AvgIpc) is 2.76. The molecule has 2 heterocycles. The van der Waals surface area contributed by atoms with Crippen molar-refractivity contribution in [3.05, 3.63) is 36.2 Å². The molecule has 6 heteroatoms. The summed E-state index contributed by atoms with van der Waals surface area (Å²) in [6.07, 6.45) is 2.01. The highest BCUT2D eigenvalue weighted by Crippen LogP contribution is 2.10. The lowest BCUT2D eigenvalue weighted by molar-refractivity contribution is -0.120. The largest absolute Gasteiger partial charge is 0.352 e. The summed E-state index contributed by atoms with van der Waals surface area (Å²) < 4.78 is 0. The number of carbonyl (C=O) groups excluding carboxylic acids is 2. The van der Waals surface area contributed by atoms with Crippen molar-refractivity contribution in [1.82, 2.24) is 20.6 Å². The van der Waals surface area contributed by atoms with Gasteiger partial charge in [0, 0.05) is 6.04 Å². The van der Waals surface area contributed by atoms with Gasteiger partial charge in [-0.2, -0.15) is 0 Å². The number of rotatable bonds is 2. The van der Waals surface area contributed by atoms with Gasteiger partial charge in [-0.05, 0) is 25.5 Å². The summed E-state index contributed by atoms with van der Waals surface area (Å²) in [4.78, 5) is 32.1. The lowest BCUT2D eigenvalue weighted by atomic mass is 10.2. The van der Waals surface area contributed by atoms with Crippen LogP contribution in [0.2, 0.25) is 0 Å². The van der Waals surface area contributed by atoms with Crippen LogP contribution in [0.3, 0.4) is 0 Å². The normalized spacial score (nSPS) is 21.8. The van der Waals surface area contributed by atoms with Crippen molar-refractivity contribution in [3.8, 4) is 0 Å². The molecule has 1 saturated heterocycles. The van der Waals surface area contributed by atoms with Crippen molar-refractivity contribution >= 4 is 22.8 Å². The maximum atomic E-state index is 12.1. The lowest BCUT2D eigenvalue weighted by Crippen LogP contribution is -2.40. The standard InChI is InChI=1S/C14H14N4O2/c1-8-6-11(13(19)16-8)18-14(20)12-7-15-9-4-2-3-5-10(9)17-12/h2-5,7-8,11H,6H2,1H3,(H,16,19)(H,18,20)/t8?,11-/m0/s1. The molecule has 2 aromatic rings. The third kappa shape index (κ3) is 2.32. The van der Waals surface area contributed by atoms with E-state index < -0.39 is 6.04 Å². The number of nitrogens with zero attached hydrogens (tertiary/aromatic N) is 2. The van der Waals surface area contributed by atoms with Gasteiger partial charge in [-0.3, -0.25) is 14.6 Å². The van der Waals surface area contributed by atoms with Crippen molar-refractivity contribution in [2.45, 2.75) is 25.4 Å². The maximum Gasteiger partial charge on any atom is 0.272 e. The molecule has 1 aromatic heterocycles. The Kier molecular flexibility index (Phi) is 3.06. The second-order valence-electron chi connectivity index (χ2n) is 4.92. The molecule has 102 valence electrons. The van der Waals surface area contributed by atoms with Gasteiger partial charge >= 0.3 is 0 Å². The highest BCUT2D eigenvalue weighted by molar-refractivity contribution is 5.97. The van der Waals surface area contributed by atoms with Gasteiger partial charge in [0.1, 0.15) is 11.7 Å². The van der Waals surface area contributed by atoms with Gasteiger partial charge in [0.2, 0.25) is 5.91 Å². The SMILES string of the molecule is CC1C[C@H](NC(=O)c2cnc3ccccc3n2)C(=O)N1. The van der Waals surface area contributed by atoms with Crippen LogP contribution in [-0.4, -0.2) is 33.9 Å². The molecule has 0 spiro atoms. The van der Waals surface area contributed by atoms with Crippen LogP contribution in [0.4, 0.5) is 0 Å². The zero-order valence-electron chi connectivity index (χ0n) is 11.0. The van der Waals surface area contributed by atoms with Crippen molar-refractivity contribution in [3.63, 3.8) is 0 Å². The van der Waals surface area contributed by atoms with E-state index in [9.17, 15) is 9.59 Å². The number of hydrogen-bond acceptors (Lipinski definition) is 4. The van der Waals surface area contributed by atoms with Crippen LogP contribution in [0.1, 0.15) is 23.8 Å². The summed E-state index contributed by atoms with van der Waals surface area (Å²) in [6, 6.07) is 6.91. The molecular weight excluding hydrogens is 256 g/mol. The molecule has 2 atom stereocenters. The number of amides is 2. The van der Waals surface area contributed by atoms with Crippen molar-refractivity contribution < 1.29 is 9.59 Å². The predicted molar refractivity (Wildman–Crippen MR) is 73.0 cm³/mol. The molecular formula is C14H14N4O2. The number of para-hydroxylation sites is 2. The number of hydrogen-bond donors (Lipinski definition) is 2. The van der Waals surface area contributed by atoms with Gasteiger partial charge < -0.3 is 10.6 Å². The number of carbonyl (C=O) groups is 2. The molecule has 2 amide bonds. The smallest absolute Gasteiger partial charge is 0.272 e. The molecule has 0 aliphatic carbocycles. The predicted octanol–water partition coefficient (Wildman–Crippen LogP) is 0.637. The van der Waals surface area contributed by atoms with Crippen LogP contribution < -0.4 is 10.6 Å². The van der Waals surface area contributed by atoms with E-state index in [0.29, 0.717) is 11.9 Å². The Bertz CT molecular complexity index is 686. The van der Waals surface area contributed by atoms with E-state index >= 15 is 0 Å². The Morgan fingerprint density at radius 3 is 2.80 bits per heavy atom. The van der Waals surface area contributed by atoms with Crippen LogP contribution in [0.25, 0.3) is 11.0 Å². The molecule has 0 radical (unpaired) electrons. The first-order valence-corrected chi connectivity index (χ1v) is 6.46. The fourth-order valence-corrected chi connectivity index (χ4v) is 2.29. The monoisotopic (exact) mass is 270 g/mol. The van der Waals surface area contributed by atoms with Crippen LogP contribution in [0, 0.1) is 0 Å². The van der Waals surface area contributed by atoms with Crippen molar-refractivity contribution in [2.75, 3.05) is 0 Å². The molecule has 1 aliphatic rings. The van der Waals surface area contributed by atoms with E-state index in [1.807, 2.05) is 25.1 Å². The second kappa shape index (κ2) is 4.88. The van der Waals surface area contributed by atoms with E-state index in [0.717, 1.165) is 5.52 Å². The van der Waals surface area contributed by atoms with E-state index in [1.54, 1.807) is 6.07 Å². The van der Waals surface area contributed by atoms with Gasteiger partial charge in [0.25, 0.3) is 5.91 Å². The number of nitrogens with one attached hydrogen (secondary N) is 2. The Balaban J connectivity index is 1.80. The molecule has 0 saturated carbocycles. The summed E-state index contributed by atoms with van der Waals surface area (Å²) in [5.41, 5.74) is 1.61. The molecule has 0 bridgehead atoms. The van der Waals surface area contributed by atoms with E-state index in [1.165, 1.54) is 6.20 Å². The quantitative estimate of drug-likeness (QED) is 0.838. The van der Waals surface area contributed by atoms with Crippen molar-refractivity contribution in [2.24, 2.45) is 0 Å². The van der Waals surface area contributed by atoms with Crippen LogP contribution in [0.5, 0.6) is 0 Å². The average molecular weight is 270 g/mol. The number of fused-ring (bicyclic) bond motifs is 1. The van der Waals surface area contributed by atoms with Crippen LogP contribution in [0.15, 0.2) is 30.5 Å². The Morgan fingerprint density at radius 1 is 1.35 bits per heavy atom. The number of aromatic nitrogens is 2. The highest BCUT2D eigenvalue weighted by atomic mass is 16.2. The topological polar surface area (TPSA) is 84.0 Å². The minimum Gasteiger partial charge on any atom is -0.352 e. The maximum absolute atomic E-state index is 12.1. The third-order valence-corrected chi connectivity index (χ3v) is 3.28. The third-order valence-electron chi connectivity index (χ3n) is 3.28. The van der Waals surface area contributed by atoms with Crippen molar-refractivity contribution in [1.29, 1.82) is 0 Å². The first-order valence-electron chi connectivity index (χ1n) is 6.46. The molecule has 3 rings (SSSR count).